The van der Waals surface area contributed by atoms with Gasteiger partial charge in [0, 0.05) is 24.7 Å². The Morgan fingerprint density at radius 1 is 1.09 bits per heavy atom. The van der Waals surface area contributed by atoms with Crippen molar-refractivity contribution >= 4 is 52.7 Å². The number of carbonyl (C=O) groups is 3. The molecular formula is C34H48Cl3N5O5. The highest BCUT2D eigenvalue weighted by Gasteiger charge is 2.33. The Kier molecular flexibility index (Phi) is 15.8. The third-order valence-corrected chi connectivity index (χ3v) is 9.03. The van der Waals surface area contributed by atoms with E-state index in [1.807, 2.05) is 12.1 Å². The van der Waals surface area contributed by atoms with Crippen LogP contribution in [0.2, 0.25) is 0 Å². The Balaban J connectivity index is 1.83. The number of allylic oxidation sites excluding steroid dienone is 1. The van der Waals surface area contributed by atoms with E-state index in [4.69, 9.17) is 39.5 Å². The molecule has 2 aromatic rings. The second-order valence-corrected chi connectivity index (χ2v) is 15.2. The molecular weight excluding hydrogens is 665 g/mol. The molecule has 3 rings (SSSR count). The van der Waals surface area contributed by atoms with Crippen LogP contribution in [-0.4, -0.2) is 67.6 Å². The summed E-state index contributed by atoms with van der Waals surface area (Å²) in [6, 6.07) is 7.41. The number of H-pyrrole nitrogens is 1. The van der Waals surface area contributed by atoms with Crippen LogP contribution in [0.15, 0.2) is 55.5 Å². The summed E-state index contributed by atoms with van der Waals surface area (Å²) in [6.45, 7) is 7.77. The lowest BCUT2D eigenvalue weighted by atomic mass is 9.81. The van der Waals surface area contributed by atoms with E-state index in [1.54, 1.807) is 30.5 Å². The van der Waals surface area contributed by atoms with Crippen molar-refractivity contribution in [1.82, 2.24) is 25.9 Å². The van der Waals surface area contributed by atoms with E-state index < -0.39 is 46.0 Å². The molecule has 0 unspecified atom stereocenters. The number of halogens is 3. The SMILES string of the molecule is C=C[C@@H](C[C@H](O)[C@H](CC1CCCCC1)NC(=O)[C@H](Cc1cnc[nH]1)NC(=O)[C@H](Cc1ccccc1)OC(=O)NCC(Cl)(Cl)Cl)C(C)C. The molecule has 5 atom stereocenters. The first-order valence-corrected chi connectivity index (χ1v) is 17.4. The van der Waals surface area contributed by atoms with Crippen LogP contribution in [0, 0.1) is 17.8 Å². The van der Waals surface area contributed by atoms with E-state index in [2.05, 4.69) is 46.3 Å². The van der Waals surface area contributed by atoms with Gasteiger partial charge in [-0.05, 0) is 36.2 Å². The summed E-state index contributed by atoms with van der Waals surface area (Å²) in [4.78, 5) is 47.4. The molecule has 1 aromatic heterocycles. The van der Waals surface area contributed by atoms with E-state index in [-0.39, 0.29) is 31.2 Å². The zero-order chi connectivity index (χ0) is 34.4. The molecule has 260 valence electrons. The fourth-order valence-corrected chi connectivity index (χ4v) is 6.11. The molecule has 3 amide bonds. The number of imidazole rings is 1. The van der Waals surface area contributed by atoms with Gasteiger partial charge in [0.05, 0.1) is 25.0 Å². The fourth-order valence-electron chi connectivity index (χ4n) is 5.91. The predicted octanol–water partition coefficient (Wildman–Crippen LogP) is 5.81. The smallest absolute Gasteiger partial charge is 0.408 e. The van der Waals surface area contributed by atoms with Crippen molar-refractivity contribution in [3.8, 4) is 0 Å². The Morgan fingerprint density at radius 2 is 1.79 bits per heavy atom. The molecule has 1 aliphatic carbocycles. The Labute approximate surface area is 292 Å². The number of ether oxygens (including phenoxy) is 1. The lowest BCUT2D eigenvalue weighted by Gasteiger charge is -2.33. The number of aromatic nitrogens is 2. The number of alkyl halides is 3. The summed E-state index contributed by atoms with van der Waals surface area (Å²) >= 11 is 17.3. The normalized spacial score (nSPS) is 17.2. The minimum atomic E-state index is -1.76. The third kappa shape index (κ3) is 14.1. The van der Waals surface area contributed by atoms with Crippen molar-refractivity contribution < 1.29 is 24.2 Å². The van der Waals surface area contributed by atoms with Crippen LogP contribution in [0.4, 0.5) is 4.79 Å². The van der Waals surface area contributed by atoms with Crippen molar-refractivity contribution in [2.24, 2.45) is 17.8 Å². The van der Waals surface area contributed by atoms with Crippen molar-refractivity contribution in [2.45, 2.75) is 99.7 Å². The maximum Gasteiger partial charge on any atom is 0.408 e. The summed E-state index contributed by atoms with van der Waals surface area (Å²) < 4.78 is 3.73. The van der Waals surface area contributed by atoms with Crippen LogP contribution in [0.1, 0.15) is 70.1 Å². The van der Waals surface area contributed by atoms with Crippen LogP contribution < -0.4 is 16.0 Å². The van der Waals surface area contributed by atoms with Gasteiger partial charge in [-0.1, -0.05) is 117 Å². The summed E-state index contributed by atoms with van der Waals surface area (Å²) in [7, 11) is 0. The highest BCUT2D eigenvalue weighted by molar-refractivity contribution is 6.67. The molecule has 1 aromatic carbocycles. The maximum atomic E-state index is 14.0. The summed E-state index contributed by atoms with van der Waals surface area (Å²) in [5.41, 5.74) is 1.34. The maximum absolute atomic E-state index is 14.0. The molecule has 0 spiro atoms. The number of aliphatic hydroxyl groups excluding tert-OH is 1. The number of carbonyl (C=O) groups excluding carboxylic acids is 3. The van der Waals surface area contributed by atoms with Crippen LogP contribution in [0.3, 0.4) is 0 Å². The molecule has 1 saturated carbocycles. The highest BCUT2D eigenvalue weighted by atomic mass is 35.6. The fraction of sp³-hybridized carbons (Fsp3) is 0.588. The quantitative estimate of drug-likeness (QED) is 0.103. The first kappa shape index (κ1) is 38.7. The van der Waals surface area contributed by atoms with Gasteiger partial charge >= 0.3 is 6.09 Å². The lowest BCUT2D eigenvalue weighted by molar-refractivity contribution is -0.134. The highest BCUT2D eigenvalue weighted by Crippen LogP contribution is 2.30. The van der Waals surface area contributed by atoms with Gasteiger partial charge in [0.2, 0.25) is 9.70 Å². The Morgan fingerprint density at radius 3 is 2.38 bits per heavy atom. The number of aromatic amines is 1. The summed E-state index contributed by atoms with van der Waals surface area (Å²) in [5.74, 6) is -0.436. The number of hydrogen-bond donors (Lipinski definition) is 5. The molecule has 0 aliphatic heterocycles. The zero-order valence-corrected chi connectivity index (χ0v) is 29.4. The summed E-state index contributed by atoms with van der Waals surface area (Å²) in [6.07, 6.45) is 8.55. The van der Waals surface area contributed by atoms with Crippen LogP contribution in [-0.2, 0) is 27.2 Å². The molecule has 0 radical (unpaired) electrons. The average molecular weight is 713 g/mol. The van der Waals surface area contributed by atoms with Gasteiger partial charge in [-0.3, -0.25) is 9.59 Å². The summed E-state index contributed by atoms with van der Waals surface area (Å²) in [5, 5.41) is 19.7. The molecule has 0 saturated heterocycles. The number of nitrogens with zero attached hydrogens (tertiary/aromatic N) is 1. The topological polar surface area (TPSA) is 145 Å². The second kappa shape index (κ2) is 19.3. The standard InChI is InChI=1S/C34H48Cl3N5O5/c1-4-25(22(2)3)17-29(43)27(15-23-11-7-5-8-12-23)41-31(44)28(18-26-19-38-21-40-26)42-32(45)30(16-24-13-9-6-10-14-24)47-33(46)39-20-34(35,36)37/h4,6,9-10,13-14,19,21-23,25,27-30,43H,1,5,7-8,11-12,15-18,20H2,2-3H3,(H,38,40)(H,39,46)(H,41,44)(H,42,45)/t25-,27-,28-,29-,30-/m0/s1. The molecule has 13 heteroatoms. The van der Waals surface area contributed by atoms with Crippen molar-refractivity contribution in [3.05, 3.63) is 66.8 Å². The molecule has 1 heterocycles. The lowest BCUT2D eigenvalue weighted by Crippen LogP contribution is -2.56. The monoisotopic (exact) mass is 711 g/mol. The van der Waals surface area contributed by atoms with E-state index in [0.717, 1.165) is 31.2 Å². The molecule has 1 fully saturated rings. The number of hydrogen-bond acceptors (Lipinski definition) is 6. The van der Waals surface area contributed by atoms with Gasteiger partial charge in [0.1, 0.15) is 6.04 Å². The van der Waals surface area contributed by atoms with E-state index >= 15 is 0 Å². The molecule has 10 nitrogen and oxygen atoms in total. The van der Waals surface area contributed by atoms with Gasteiger partial charge in [-0.2, -0.15) is 0 Å². The molecule has 0 bridgehead atoms. The van der Waals surface area contributed by atoms with Gasteiger partial charge in [-0.25, -0.2) is 9.78 Å². The number of amides is 3. The number of aliphatic hydroxyl groups is 1. The van der Waals surface area contributed by atoms with E-state index in [0.29, 0.717) is 24.5 Å². The van der Waals surface area contributed by atoms with Gasteiger partial charge in [-0.15, -0.1) is 6.58 Å². The number of rotatable bonds is 17. The van der Waals surface area contributed by atoms with Crippen molar-refractivity contribution in [1.29, 1.82) is 0 Å². The average Bonchev–Trinajstić information content (AvgIpc) is 3.55. The first-order valence-electron chi connectivity index (χ1n) is 16.3. The molecule has 5 N–H and O–H groups in total. The number of alkyl carbamates (subject to hydrolysis) is 1. The van der Waals surface area contributed by atoms with Gasteiger partial charge < -0.3 is 30.8 Å². The largest absolute Gasteiger partial charge is 0.436 e. The van der Waals surface area contributed by atoms with Crippen LogP contribution in [0.25, 0.3) is 0 Å². The van der Waals surface area contributed by atoms with Gasteiger partial charge in [0.25, 0.3) is 5.91 Å². The molecule has 47 heavy (non-hydrogen) atoms. The van der Waals surface area contributed by atoms with Crippen LogP contribution in [0.5, 0.6) is 0 Å². The Hall–Kier alpha value is -2.79. The minimum absolute atomic E-state index is 0.0351. The van der Waals surface area contributed by atoms with Gasteiger partial charge in [0.15, 0.2) is 6.10 Å². The predicted molar refractivity (Wildman–Crippen MR) is 185 cm³/mol. The van der Waals surface area contributed by atoms with Crippen LogP contribution >= 0.6 is 34.8 Å². The molecule has 1 aliphatic rings. The minimum Gasteiger partial charge on any atom is -0.436 e. The number of nitrogens with one attached hydrogen (secondary N) is 4. The zero-order valence-electron chi connectivity index (χ0n) is 27.1. The third-order valence-electron chi connectivity index (χ3n) is 8.63. The van der Waals surface area contributed by atoms with E-state index in [9.17, 15) is 19.5 Å². The number of benzene rings is 1. The Bertz CT molecular complexity index is 1250. The van der Waals surface area contributed by atoms with E-state index in [1.165, 1.54) is 12.7 Å². The first-order chi connectivity index (χ1) is 22.3. The van der Waals surface area contributed by atoms with Crippen molar-refractivity contribution in [3.63, 3.8) is 0 Å². The second-order valence-electron chi connectivity index (χ2n) is 12.7. The van der Waals surface area contributed by atoms with Crippen molar-refractivity contribution in [2.75, 3.05) is 6.54 Å².